The van der Waals surface area contributed by atoms with Crippen LogP contribution in [0.1, 0.15) is 47.6 Å². The Bertz CT molecular complexity index is 844. The zero-order valence-electron chi connectivity index (χ0n) is 15.7. The van der Waals surface area contributed by atoms with E-state index in [1.807, 2.05) is 6.21 Å². The van der Waals surface area contributed by atoms with Gasteiger partial charge in [0.05, 0.1) is 11.9 Å². The quantitative estimate of drug-likeness (QED) is 0.536. The molecule has 0 amide bonds. The summed E-state index contributed by atoms with van der Waals surface area (Å²) in [7, 11) is 0. The van der Waals surface area contributed by atoms with Gasteiger partial charge in [0.2, 0.25) is 0 Å². The summed E-state index contributed by atoms with van der Waals surface area (Å²) >= 11 is 0. The second-order valence-corrected chi connectivity index (χ2v) is 7.00. The first kappa shape index (κ1) is 17.2. The van der Waals surface area contributed by atoms with Gasteiger partial charge in [-0.3, -0.25) is 5.43 Å². The molecule has 0 saturated heterocycles. The average molecular weight is 330 g/mol. The number of rotatable bonds is 4. The van der Waals surface area contributed by atoms with Crippen LogP contribution in [0.3, 0.4) is 0 Å². The number of hydrazone groups is 1. The number of aryl methyl sites for hydroxylation is 3. The van der Waals surface area contributed by atoms with E-state index < -0.39 is 0 Å². The minimum atomic E-state index is 0.338. The van der Waals surface area contributed by atoms with Crippen molar-refractivity contribution in [3.63, 3.8) is 0 Å². The van der Waals surface area contributed by atoms with Gasteiger partial charge >= 0.3 is 0 Å². The zero-order chi connectivity index (χ0) is 18.0. The third-order valence-corrected chi connectivity index (χ3v) is 4.89. The predicted molar refractivity (Wildman–Crippen MR) is 109 cm³/mol. The van der Waals surface area contributed by atoms with Gasteiger partial charge in [-0.1, -0.05) is 65.3 Å². The van der Waals surface area contributed by atoms with Gasteiger partial charge in [0, 0.05) is 5.92 Å². The van der Waals surface area contributed by atoms with Gasteiger partial charge < -0.3 is 0 Å². The molecule has 0 heterocycles. The summed E-state index contributed by atoms with van der Waals surface area (Å²) in [6.45, 7) is 10.7. The SMILES string of the molecule is CC1=CC(c2ccccc2C=NNc2c(C)cc(C)cc2C)C=C1C. The van der Waals surface area contributed by atoms with Crippen LogP contribution >= 0.6 is 0 Å². The fraction of sp³-hybridized carbons (Fsp3) is 0.261. The lowest BCUT2D eigenvalue weighted by atomic mass is 9.95. The molecule has 1 aliphatic carbocycles. The standard InChI is InChI=1S/C23H26N2/c1-15-10-18(4)23(19(5)11-15)25-24-14-20-8-6-7-9-22(20)21-12-16(2)17(3)13-21/h6-14,21,25H,1-5H3. The molecule has 0 radical (unpaired) electrons. The van der Waals surface area contributed by atoms with Crippen LogP contribution in [-0.4, -0.2) is 6.21 Å². The summed E-state index contributed by atoms with van der Waals surface area (Å²) in [5.74, 6) is 0.338. The molecule has 128 valence electrons. The van der Waals surface area contributed by atoms with E-state index in [2.05, 4.69) is 93.7 Å². The summed E-state index contributed by atoms with van der Waals surface area (Å²) in [6.07, 6.45) is 6.58. The van der Waals surface area contributed by atoms with Crippen molar-refractivity contribution < 1.29 is 0 Å². The molecule has 0 aliphatic heterocycles. The molecule has 0 spiro atoms. The number of allylic oxidation sites excluding steroid dienone is 4. The van der Waals surface area contributed by atoms with E-state index in [0.29, 0.717) is 5.92 Å². The maximum atomic E-state index is 4.52. The van der Waals surface area contributed by atoms with Crippen molar-refractivity contribution in [1.29, 1.82) is 0 Å². The fourth-order valence-corrected chi connectivity index (χ4v) is 3.48. The van der Waals surface area contributed by atoms with Crippen LogP contribution in [-0.2, 0) is 0 Å². The molecular weight excluding hydrogens is 304 g/mol. The summed E-state index contributed by atoms with van der Waals surface area (Å²) in [5, 5.41) is 4.52. The second kappa shape index (κ2) is 7.10. The molecule has 0 bridgehead atoms. The number of nitrogens with zero attached hydrogens (tertiary/aromatic N) is 1. The molecule has 1 aliphatic rings. The van der Waals surface area contributed by atoms with E-state index in [1.165, 1.54) is 33.4 Å². The molecule has 0 unspecified atom stereocenters. The van der Waals surface area contributed by atoms with Crippen molar-refractivity contribution >= 4 is 11.9 Å². The lowest BCUT2D eigenvalue weighted by Gasteiger charge is -2.12. The van der Waals surface area contributed by atoms with Crippen molar-refractivity contribution in [3.05, 3.63) is 87.5 Å². The third kappa shape index (κ3) is 3.74. The largest absolute Gasteiger partial charge is 0.278 e. The molecule has 2 aromatic rings. The topological polar surface area (TPSA) is 24.4 Å². The van der Waals surface area contributed by atoms with E-state index in [9.17, 15) is 0 Å². The number of hydrogen-bond acceptors (Lipinski definition) is 2. The van der Waals surface area contributed by atoms with Gasteiger partial charge in [-0.25, -0.2) is 0 Å². The molecule has 1 N–H and O–H groups in total. The van der Waals surface area contributed by atoms with E-state index in [1.54, 1.807) is 0 Å². The smallest absolute Gasteiger partial charge is 0.0620 e. The fourth-order valence-electron chi connectivity index (χ4n) is 3.48. The van der Waals surface area contributed by atoms with E-state index in [0.717, 1.165) is 11.3 Å². The lowest BCUT2D eigenvalue weighted by Crippen LogP contribution is -2.00. The molecule has 2 nitrogen and oxygen atoms in total. The van der Waals surface area contributed by atoms with Crippen LogP contribution in [0.25, 0.3) is 0 Å². The average Bonchev–Trinajstić information content (AvgIpc) is 2.89. The Balaban J connectivity index is 1.84. The first-order valence-corrected chi connectivity index (χ1v) is 8.79. The highest BCUT2D eigenvalue weighted by Crippen LogP contribution is 2.32. The Morgan fingerprint density at radius 2 is 1.48 bits per heavy atom. The van der Waals surface area contributed by atoms with Crippen molar-refractivity contribution in [3.8, 4) is 0 Å². The van der Waals surface area contributed by atoms with Crippen molar-refractivity contribution in [1.82, 2.24) is 0 Å². The molecule has 25 heavy (non-hydrogen) atoms. The zero-order valence-corrected chi connectivity index (χ0v) is 15.7. The highest BCUT2D eigenvalue weighted by atomic mass is 15.3. The molecular formula is C23H26N2. The molecule has 3 rings (SSSR count). The van der Waals surface area contributed by atoms with Gasteiger partial charge in [-0.2, -0.15) is 5.10 Å². The first-order valence-electron chi connectivity index (χ1n) is 8.79. The maximum absolute atomic E-state index is 4.52. The highest BCUT2D eigenvalue weighted by Gasteiger charge is 2.15. The Morgan fingerprint density at radius 1 is 0.880 bits per heavy atom. The van der Waals surface area contributed by atoms with Gasteiger partial charge in [0.15, 0.2) is 0 Å². The summed E-state index contributed by atoms with van der Waals surface area (Å²) < 4.78 is 0. The van der Waals surface area contributed by atoms with Crippen LogP contribution < -0.4 is 5.43 Å². The third-order valence-electron chi connectivity index (χ3n) is 4.89. The highest BCUT2D eigenvalue weighted by molar-refractivity contribution is 5.83. The minimum Gasteiger partial charge on any atom is -0.278 e. The molecule has 0 fully saturated rings. The first-order chi connectivity index (χ1) is 12.0. The number of hydrogen-bond donors (Lipinski definition) is 1. The minimum absolute atomic E-state index is 0.338. The van der Waals surface area contributed by atoms with Crippen LogP contribution in [0.2, 0.25) is 0 Å². The Labute approximate surface area is 151 Å². The molecule has 0 saturated carbocycles. The molecule has 0 atom stereocenters. The normalized spacial score (nSPS) is 14.8. The molecule has 0 aromatic heterocycles. The maximum Gasteiger partial charge on any atom is 0.0620 e. The van der Waals surface area contributed by atoms with Crippen molar-refractivity contribution in [2.24, 2.45) is 5.10 Å². The lowest BCUT2D eigenvalue weighted by molar-refractivity contribution is 1.09. The van der Waals surface area contributed by atoms with Gasteiger partial charge in [-0.15, -0.1) is 0 Å². The number of benzene rings is 2. The number of anilines is 1. The Morgan fingerprint density at radius 3 is 2.12 bits per heavy atom. The summed E-state index contributed by atoms with van der Waals surface area (Å²) in [4.78, 5) is 0. The van der Waals surface area contributed by atoms with Gasteiger partial charge in [0.25, 0.3) is 0 Å². The summed E-state index contributed by atoms with van der Waals surface area (Å²) in [5.41, 5.74) is 13.2. The van der Waals surface area contributed by atoms with Gasteiger partial charge in [0.1, 0.15) is 0 Å². The molecule has 2 heteroatoms. The van der Waals surface area contributed by atoms with Crippen LogP contribution in [0, 0.1) is 20.8 Å². The van der Waals surface area contributed by atoms with Crippen LogP contribution in [0.4, 0.5) is 5.69 Å². The van der Waals surface area contributed by atoms with Crippen LogP contribution in [0.15, 0.2) is 64.8 Å². The van der Waals surface area contributed by atoms with Crippen molar-refractivity contribution in [2.75, 3.05) is 5.43 Å². The Kier molecular flexibility index (Phi) is 4.89. The molecule has 2 aromatic carbocycles. The monoisotopic (exact) mass is 330 g/mol. The number of nitrogens with one attached hydrogen (secondary N) is 1. The van der Waals surface area contributed by atoms with Crippen molar-refractivity contribution in [2.45, 2.75) is 40.5 Å². The van der Waals surface area contributed by atoms with E-state index in [-0.39, 0.29) is 0 Å². The summed E-state index contributed by atoms with van der Waals surface area (Å²) in [6, 6.07) is 12.8. The van der Waals surface area contributed by atoms with E-state index in [4.69, 9.17) is 0 Å². The second-order valence-electron chi connectivity index (χ2n) is 7.00. The van der Waals surface area contributed by atoms with Gasteiger partial charge in [-0.05, 0) is 56.9 Å². The predicted octanol–water partition coefficient (Wildman–Crippen LogP) is 6.05. The Hall–Kier alpha value is -2.61. The van der Waals surface area contributed by atoms with Crippen LogP contribution in [0.5, 0.6) is 0 Å². The van der Waals surface area contributed by atoms with E-state index >= 15 is 0 Å².